The minimum atomic E-state index is 1.18. The van der Waals surface area contributed by atoms with Crippen molar-refractivity contribution < 1.29 is 0 Å². The minimum Gasteiger partial charge on any atom is -0.0622 e. The van der Waals surface area contributed by atoms with Crippen LogP contribution in [-0.2, 0) is 0 Å². The fourth-order valence-electron chi connectivity index (χ4n) is 4.23. The highest BCUT2D eigenvalue weighted by atomic mass is 14.2. The Balaban J connectivity index is 1.73. The van der Waals surface area contributed by atoms with Crippen molar-refractivity contribution in [3.05, 3.63) is 156 Å². The van der Waals surface area contributed by atoms with Gasteiger partial charge in [0.2, 0.25) is 0 Å². The van der Waals surface area contributed by atoms with Gasteiger partial charge in [0.15, 0.2) is 0 Å². The molecule has 0 aliphatic carbocycles. The molecule has 0 saturated heterocycles. The first-order chi connectivity index (χ1) is 16.9. The predicted octanol–water partition coefficient (Wildman–Crippen LogP) is 9.36. The Bertz CT molecular complexity index is 1400. The molecule has 0 aliphatic rings. The van der Waals surface area contributed by atoms with Crippen LogP contribution in [0.4, 0.5) is 0 Å². The fraction of sp³-hybridized carbons (Fsp3) is 0. The lowest BCUT2D eigenvalue weighted by molar-refractivity contribution is 1.54. The van der Waals surface area contributed by atoms with E-state index < -0.39 is 0 Å². The molecular weight excluding hydrogens is 408 g/mol. The smallest absolute Gasteiger partial charge is 0.00268 e. The monoisotopic (exact) mass is 434 g/mol. The third-order valence-corrected chi connectivity index (χ3v) is 5.92. The van der Waals surface area contributed by atoms with E-state index in [-0.39, 0.29) is 0 Å². The lowest BCUT2D eigenvalue weighted by atomic mass is 9.87. The molecule has 162 valence electrons. The van der Waals surface area contributed by atoms with E-state index in [0.29, 0.717) is 0 Å². The Morgan fingerprint density at radius 1 is 0.353 bits per heavy atom. The van der Waals surface area contributed by atoms with Crippen LogP contribution in [0.2, 0.25) is 0 Å². The lowest BCUT2D eigenvalue weighted by Gasteiger charge is -2.17. The summed E-state index contributed by atoms with van der Waals surface area (Å²) in [7, 11) is 0. The van der Waals surface area contributed by atoms with Crippen molar-refractivity contribution in [1.82, 2.24) is 0 Å². The van der Waals surface area contributed by atoms with E-state index in [1.807, 2.05) is 6.07 Å². The summed E-state index contributed by atoms with van der Waals surface area (Å²) in [6.07, 6.45) is 8.87. The van der Waals surface area contributed by atoms with Gasteiger partial charge in [0.1, 0.15) is 0 Å². The summed E-state index contributed by atoms with van der Waals surface area (Å²) in [5.41, 5.74) is 9.68. The van der Waals surface area contributed by atoms with Crippen molar-refractivity contribution in [2.45, 2.75) is 0 Å². The van der Waals surface area contributed by atoms with Gasteiger partial charge in [-0.1, -0.05) is 158 Å². The van der Waals surface area contributed by atoms with Crippen molar-refractivity contribution in [1.29, 1.82) is 0 Å². The van der Waals surface area contributed by atoms with Crippen molar-refractivity contribution >= 4 is 24.3 Å². The molecule has 0 fully saturated rings. The van der Waals surface area contributed by atoms with Crippen molar-refractivity contribution in [3.63, 3.8) is 0 Å². The summed E-state index contributed by atoms with van der Waals surface area (Å²) in [6, 6.07) is 46.8. The topological polar surface area (TPSA) is 0 Å². The number of hydrogen-bond donors (Lipinski definition) is 0. The number of hydrogen-bond acceptors (Lipinski definition) is 0. The first-order valence-corrected chi connectivity index (χ1v) is 11.6. The third kappa shape index (κ3) is 4.98. The fourth-order valence-corrected chi connectivity index (χ4v) is 4.23. The average Bonchev–Trinajstić information content (AvgIpc) is 2.92. The van der Waals surface area contributed by atoms with Crippen LogP contribution in [0, 0.1) is 0 Å². The van der Waals surface area contributed by atoms with Gasteiger partial charge in [0, 0.05) is 0 Å². The van der Waals surface area contributed by atoms with Crippen LogP contribution in [0.25, 0.3) is 46.6 Å². The molecule has 0 aromatic heterocycles. The zero-order valence-corrected chi connectivity index (χ0v) is 19.0. The molecule has 0 amide bonds. The quantitative estimate of drug-likeness (QED) is 0.234. The molecule has 0 spiro atoms. The van der Waals surface area contributed by atoms with Gasteiger partial charge >= 0.3 is 0 Å². The molecule has 0 atom stereocenters. The minimum absolute atomic E-state index is 1.18. The van der Waals surface area contributed by atoms with Gasteiger partial charge < -0.3 is 0 Å². The Morgan fingerprint density at radius 3 is 1.38 bits per heavy atom. The molecule has 0 aliphatic heterocycles. The van der Waals surface area contributed by atoms with Gasteiger partial charge in [-0.2, -0.15) is 0 Å². The summed E-state index contributed by atoms with van der Waals surface area (Å²) >= 11 is 0. The highest BCUT2D eigenvalue weighted by molar-refractivity contribution is 5.95. The standard InChI is InChI=1S/C34H26/c1-5-13-27(14-6-1)21-23-30-24-26-33(29-17-9-3-10-18-29)34(31-19-11-4-12-20-31)32(30)25-22-28-15-7-2-8-16-28/h1-26H. The normalized spacial score (nSPS) is 11.3. The molecule has 0 radical (unpaired) electrons. The summed E-state index contributed by atoms with van der Waals surface area (Å²) in [4.78, 5) is 0. The zero-order valence-electron chi connectivity index (χ0n) is 19.0. The van der Waals surface area contributed by atoms with E-state index in [0.717, 1.165) is 0 Å². The Morgan fingerprint density at radius 2 is 0.824 bits per heavy atom. The van der Waals surface area contributed by atoms with Crippen LogP contribution in [0.15, 0.2) is 133 Å². The van der Waals surface area contributed by atoms with E-state index in [1.165, 1.54) is 44.5 Å². The Labute approximate surface area is 202 Å². The van der Waals surface area contributed by atoms with Crippen LogP contribution in [0.5, 0.6) is 0 Å². The van der Waals surface area contributed by atoms with Crippen LogP contribution in [0.1, 0.15) is 22.3 Å². The zero-order chi connectivity index (χ0) is 23.0. The van der Waals surface area contributed by atoms with Crippen LogP contribution >= 0.6 is 0 Å². The first-order valence-electron chi connectivity index (χ1n) is 11.6. The van der Waals surface area contributed by atoms with E-state index >= 15 is 0 Å². The molecule has 0 nitrogen and oxygen atoms in total. The van der Waals surface area contributed by atoms with Crippen molar-refractivity contribution in [2.75, 3.05) is 0 Å². The van der Waals surface area contributed by atoms with Crippen LogP contribution in [0.3, 0.4) is 0 Å². The van der Waals surface area contributed by atoms with Gasteiger partial charge in [-0.3, -0.25) is 0 Å². The summed E-state index contributed by atoms with van der Waals surface area (Å²) in [5.74, 6) is 0. The Kier molecular flexibility index (Phi) is 6.59. The van der Waals surface area contributed by atoms with Gasteiger partial charge in [-0.15, -0.1) is 0 Å². The lowest BCUT2D eigenvalue weighted by Crippen LogP contribution is -1.93. The van der Waals surface area contributed by atoms with Crippen molar-refractivity contribution in [3.8, 4) is 22.3 Å². The maximum Gasteiger partial charge on any atom is -0.00268 e. The first kappa shape index (κ1) is 21.4. The SMILES string of the molecule is C(=Cc1ccc(-c2ccccc2)c(-c2ccccc2)c1C=Cc1ccccc1)c1ccccc1. The second kappa shape index (κ2) is 10.5. The maximum atomic E-state index is 2.26. The van der Waals surface area contributed by atoms with Crippen molar-refractivity contribution in [2.24, 2.45) is 0 Å². The highest BCUT2D eigenvalue weighted by Gasteiger charge is 2.14. The van der Waals surface area contributed by atoms with Gasteiger partial charge in [-0.05, 0) is 44.5 Å². The number of benzene rings is 5. The Hall–Kier alpha value is -4.42. The molecule has 0 heterocycles. The molecule has 0 N–H and O–H groups in total. The summed E-state index contributed by atoms with van der Waals surface area (Å²) < 4.78 is 0. The maximum absolute atomic E-state index is 2.26. The summed E-state index contributed by atoms with van der Waals surface area (Å²) in [6.45, 7) is 0. The predicted molar refractivity (Wildman–Crippen MR) is 148 cm³/mol. The van der Waals surface area contributed by atoms with E-state index in [2.05, 4.69) is 152 Å². The van der Waals surface area contributed by atoms with Crippen LogP contribution < -0.4 is 0 Å². The van der Waals surface area contributed by atoms with E-state index in [9.17, 15) is 0 Å². The van der Waals surface area contributed by atoms with E-state index in [4.69, 9.17) is 0 Å². The highest BCUT2D eigenvalue weighted by Crippen LogP contribution is 2.38. The second-order valence-electron chi connectivity index (χ2n) is 8.21. The van der Waals surface area contributed by atoms with Gasteiger partial charge in [-0.25, -0.2) is 0 Å². The average molecular weight is 435 g/mol. The molecule has 5 aromatic rings. The second-order valence-corrected chi connectivity index (χ2v) is 8.21. The molecule has 0 saturated carbocycles. The molecule has 34 heavy (non-hydrogen) atoms. The van der Waals surface area contributed by atoms with Gasteiger partial charge in [0.25, 0.3) is 0 Å². The third-order valence-electron chi connectivity index (χ3n) is 5.92. The molecule has 5 rings (SSSR count). The molecule has 5 aromatic carbocycles. The molecule has 0 bridgehead atoms. The number of rotatable bonds is 6. The van der Waals surface area contributed by atoms with Gasteiger partial charge in [0.05, 0.1) is 0 Å². The molecule has 0 unspecified atom stereocenters. The molecule has 0 heteroatoms. The van der Waals surface area contributed by atoms with Crippen LogP contribution in [-0.4, -0.2) is 0 Å². The summed E-state index contributed by atoms with van der Waals surface area (Å²) in [5, 5.41) is 0. The molecular formula is C34H26. The largest absolute Gasteiger partial charge is 0.0622 e. The van der Waals surface area contributed by atoms with E-state index in [1.54, 1.807) is 0 Å².